The Bertz CT molecular complexity index is 814. The average molecular weight is 295 g/mol. The van der Waals surface area contributed by atoms with Crippen molar-refractivity contribution in [2.24, 2.45) is 0 Å². The summed E-state index contributed by atoms with van der Waals surface area (Å²) in [7, 11) is 0. The Morgan fingerprint density at radius 1 is 1.32 bits per heavy atom. The molecule has 6 nitrogen and oxygen atoms in total. The van der Waals surface area contributed by atoms with Gasteiger partial charge >= 0.3 is 0 Å². The highest BCUT2D eigenvalue weighted by atomic mass is 16.2. The molecule has 1 unspecified atom stereocenters. The third-order valence-electron chi connectivity index (χ3n) is 4.04. The van der Waals surface area contributed by atoms with E-state index in [4.69, 9.17) is 0 Å². The van der Waals surface area contributed by atoms with Crippen LogP contribution in [0, 0.1) is 6.92 Å². The van der Waals surface area contributed by atoms with Crippen molar-refractivity contribution in [3.63, 3.8) is 0 Å². The van der Waals surface area contributed by atoms with Gasteiger partial charge in [0.05, 0.1) is 5.69 Å². The lowest BCUT2D eigenvalue weighted by atomic mass is 10.1. The predicted octanol–water partition coefficient (Wildman–Crippen LogP) is 1.58. The standard InChI is InChI=1S/C16H17N5O/c1-11-8-21-9-12(5-6-15(21)17-11)18-16(22)13-10-20-7-3-2-4-14(20)19-13/h2-4,7-8,10,12H,5-6,9H2,1H3,(H,18,22). The van der Waals surface area contributed by atoms with Gasteiger partial charge in [-0.1, -0.05) is 6.07 Å². The van der Waals surface area contributed by atoms with Crippen LogP contribution in [-0.2, 0) is 13.0 Å². The van der Waals surface area contributed by atoms with Crippen molar-refractivity contribution in [2.45, 2.75) is 32.4 Å². The molecule has 0 fully saturated rings. The first kappa shape index (κ1) is 13.1. The molecule has 4 heterocycles. The minimum Gasteiger partial charge on any atom is -0.346 e. The van der Waals surface area contributed by atoms with Gasteiger partial charge in [-0.05, 0) is 25.5 Å². The highest BCUT2D eigenvalue weighted by Crippen LogP contribution is 2.15. The number of carbonyl (C=O) groups is 1. The van der Waals surface area contributed by atoms with Crippen LogP contribution in [0.15, 0.2) is 36.8 Å². The summed E-state index contributed by atoms with van der Waals surface area (Å²) in [5, 5.41) is 3.08. The second kappa shape index (κ2) is 4.98. The van der Waals surface area contributed by atoms with Crippen LogP contribution in [0.3, 0.4) is 0 Å². The molecule has 3 aromatic rings. The van der Waals surface area contributed by atoms with Crippen LogP contribution >= 0.6 is 0 Å². The molecule has 0 radical (unpaired) electrons. The van der Waals surface area contributed by atoms with E-state index >= 15 is 0 Å². The predicted molar refractivity (Wildman–Crippen MR) is 81.7 cm³/mol. The van der Waals surface area contributed by atoms with Gasteiger partial charge in [0.2, 0.25) is 0 Å². The van der Waals surface area contributed by atoms with E-state index in [9.17, 15) is 4.79 Å². The lowest BCUT2D eigenvalue weighted by Gasteiger charge is -2.24. The average Bonchev–Trinajstić information content (AvgIpc) is 3.08. The van der Waals surface area contributed by atoms with E-state index in [-0.39, 0.29) is 11.9 Å². The van der Waals surface area contributed by atoms with Crippen LogP contribution in [0.2, 0.25) is 0 Å². The first-order valence-corrected chi connectivity index (χ1v) is 7.46. The second-order valence-corrected chi connectivity index (χ2v) is 5.75. The van der Waals surface area contributed by atoms with Gasteiger partial charge in [-0.2, -0.15) is 0 Å². The highest BCUT2D eigenvalue weighted by molar-refractivity contribution is 5.93. The second-order valence-electron chi connectivity index (χ2n) is 5.75. The molecule has 1 aliphatic heterocycles. The van der Waals surface area contributed by atoms with Crippen LogP contribution in [0.5, 0.6) is 0 Å². The quantitative estimate of drug-likeness (QED) is 0.781. The SMILES string of the molecule is Cc1cn2c(n1)CCC(NC(=O)c1cn3ccccc3n1)C2. The molecule has 1 amide bonds. The molecular formula is C16H17N5O. The fourth-order valence-electron chi connectivity index (χ4n) is 3.01. The molecule has 1 aliphatic rings. The lowest BCUT2D eigenvalue weighted by Crippen LogP contribution is -2.41. The van der Waals surface area contributed by atoms with Crippen molar-refractivity contribution < 1.29 is 4.79 Å². The zero-order valence-electron chi connectivity index (χ0n) is 12.4. The number of imidazole rings is 2. The molecule has 0 aliphatic carbocycles. The van der Waals surface area contributed by atoms with E-state index in [0.29, 0.717) is 5.69 Å². The van der Waals surface area contributed by atoms with E-state index in [2.05, 4.69) is 19.9 Å². The molecular weight excluding hydrogens is 278 g/mol. The normalized spacial score (nSPS) is 17.4. The Hall–Kier alpha value is -2.63. The van der Waals surface area contributed by atoms with Gasteiger partial charge in [-0.25, -0.2) is 9.97 Å². The maximum Gasteiger partial charge on any atom is 0.271 e. The van der Waals surface area contributed by atoms with Gasteiger partial charge in [0, 0.05) is 37.6 Å². The van der Waals surface area contributed by atoms with Crippen molar-refractivity contribution in [1.82, 2.24) is 24.3 Å². The molecule has 0 saturated heterocycles. The number of aryl methyl sites for hydroxylation is 2. The zero-order chi connectivity index (χ0) is 15.1. The summed E-state index contributed by atoms with van der Waals surface area (Å²) >= 11 is 0. The van der Waals surface area contributed by atoms with Crippen molar-refractivity contribution >= 4 is 11.6 Å². The number of rotatable bonds is 2. The number of fused-ring (bicyclic) bond motifs is 2. The van der Waals surface area contributed by atoms with Gasteiger partial charge in [-0.15, -0.1) is 0 Å². The molecule has 0 spiro atoms. The third-order valence-corrected chi connectivity index (χ3v) is 4.04. The summed E-state index contributed by atoms with van der Waals surface area (Å²) in [6, 6.07) is 5.84. The number of pyridine rings is 1. The topological polar surface area (TPSA) is 64.2 Å². The van der Waals surface area contributed by atoms with E-state index in [0.717, 1.165) is 36.6 Å². The number of amides is 1. The molecule has 3 aromatic heterocycles. The number of hydrogen-bond acceptors (Lipinski definition) is 3. The Morgan fingerprint density at radius 2 is 2.23 bits per heavy atom. The minimum atomic E-state index is -0.117. The summed E-state index contributed by atoms with van der Waals surface area (Å²) in [6.45, 7) is 2.77. The fraction of sp³-hybridized carbons (Fsp3) is 0.312. The fourth-order valence-corrected chi connectivity index (χ4v) is 3.01. The molecule has 1 N–H and O–H groups in total. The first-order chi connectivity index (χ1) is 10.7. The van der Waals surface area contributed by atoms with Crippen molar-refractivity contribution in [3.8, 4) is 0 Å². The molecule has 22 heavy (non-hydrogen) atoms. The first-order valence-electron chi connectivity index (χ1n) is 7.46. The summed E-state index contributed by atoms with van der Waals surface area (Å²) < 4.78 is 3.99. The number of aromatic nitrogens is 4. The molecule has 0 saturated carbocycles. The van der Waals surface area contributed by atoms with Gasteiger partial charge in [0.25, 0.3) is 5.91 Å². The molecule has 112 valence electrons. The van der Waals surface area contributed by atoms with Gasteiger partial charge in [-0.3, -0.25) is 4.79 Å². The van der Waals surface area contributed by atoms with Gasteiger partial charge in [0.15, 0.2) is 0 Å². The molecule has 1 atom stereocenters. The third kappa shape index (κ3) is 2.26. The van der Waals surface area contributed by atoms with Crippen molar-refractivity contribution in [2.75, 3.05) is 0 Å². The summed E-state index contributed by atoms with van der Waals surface area (Å²) in [4.78, 5) is 21.2. The maximum absolute atomic E-state index is 12.4. The minimum absolute atomic E-state index is 0.117. The maximum atomic E-state index is 12.4. The molecule has 4 rings (SSSR count). The lowest BCUT2D eigenvalue weighted by molar-refractivity contribution is 0.0923. The molecule has 0 bridgehead atoms. The summed E-state index contributed by atoms with van der Waals surface area (Å²) in [5.41, 5.74) is 2.27. The van der Waals surface area contributed by atoms with E-state index in [1.165, 1.54) is 0 Å². The van der Waals surface area contributed by atoms with Crippen LogP contribution < -0.4 is 5.32 Å². The highest BCUT2D eigenvalue weighted by Gasteiger charge is 2.22. The Morgan fingerprint density at radius 3 is 3.09 bits per heavy atom. The molecule has 6 heteroatoms. The number of nitrogens with one attached hydrogen (secondary N) is 1. The van der Waals surface area contributed by atoms with Gasteiger partial charge < -0.3 is 14.3 Å². The summed E-state index contributed by atoms with van der Waals surface area (Å²) in [5.74, 6) is 0.990. The number of carbonyl (C=O) groups excluding carboxylic acids is 1. The Balaban J connectivity index is 1.50. The van der Waals surface area contributed by atoms with Crippen LogP contribution in [0.25, 0.3) is 5.65 Å². The van der Waals surface area contributed by atoms with Crippen LogP contribution in [0.1, 0.15) is 28.4 Å². The molecule has 0 aromatic carbocycles. The number of nitrogens with zero attached hydrogens (tertiary/aromatic N) is 4. The van der Waals surface area contributed by atoms with Crippen LogP contribution in [-0.4, -0.2) is 30.9 Å². The Labute approximate surface area is 127 Å². The largest absolute Gasteiger partial charge is 0.346 e. The number of hydrogen-bond donors (Lipinski definition) is 1. The van der Waals surface area contributed by atoms with Crippen LogP contribution in [0.4, 0.5) is 0 Å². The summed E-state index contributed by atoms with van der Waals surface area (Å²) in [6.07, 6.45) is 7.50. The zero-order valence-corrected chi connectivity index (χ0v) is 12.4. The van der Waals surface area contributed by atoms with E-state index < -0.39 is 0 Å². The van der Waals surface area contributed by atoms with Gasteiger partial charge in [0.1, 0.15) is 17.2 Å². The smallest absolute Gasteiger partial charge is 0.271 e. The van der Waals surface area contributed by atoms with Crippen molar-refractivity contribution in [3.05, 3.63) is 54.0 Å². The monoisotopic (exact) mass is 295 g/mol. The van der Waals surface area contributed by atoms with E-state index in [1.807, 2.05) is 41.9 Å². The van der Waals surface area contributed by atoms with Crippen molar-refractivity contribution in [1.29, 1.82) is 0 Å². The Kier molecular flexibility index (Phi) is 2.96. The van der Waals surface area contributed by atoms with E-state index in [1.54, 1.807) is 6.20 Å².